The zero-order chi connectivity index (χ0) is 22.5. The molecule has 0 amide bonds. The molecule has 7 heteroatoms. The van der Waals surface area contributed by atoms with Crippen molar-refractivity contribution < 1.29 is 29.2 Å². The van der Waals surface area contributed by atoms with E-state index in [0.29, 0.717) is 23.9 Å². The van der Waals surface area contributed by atoms with E-state index in [4.69, 9.17) is 14.2 Å². The highest BCUT2D eigenvalue weighted by Gasteiger charge is 2.17. The van der Waals surface area contributed by atoms with Crippen LogP contribution in [0.2, 0.25) is 0 Å². The van der Waals surface area contributed by atoms with Crippen molar-refractivity contribution >= 4 is 27.4 Å². The Labute approximate surface area is 189 Å². The second-order valence-electron chi connectivity index (χ2n) is 6.96. The van der Waals surface area contributed by atoms with E-state index in [0.717, 1.165) is 20.5 Å². The van der Waals surface area contributed by atoms with Gasteiger partial charge in [-0.25, -0.2) is 0 Å². The maximum Gasteiger partial charge on any atom is 0.309 e. The maximum absolute atomic E-state index is 11.4. The summed E-state index contributed by atoms with van der Waals surface area (Å²) in [6.07, 6.45) is 0.190. The lowest BCUT2D eigenvalue weighted by Gasteiger charge is -2.10. The average molecular weight is 451 g/mol. The monoisotopic (exact) mass is 450 g/mol. The van der Waals surface area contributed by atoms with E-state index < -0.39 is 0 Å². The van der Waals surface area contributed by atoms with Crippen LogP contribution in [0.5, 0.6) is 28.7 Å². The third-order valence-corrected chi connectivity index (χ3v) is 5.86. The lowest BCUT2D eigenvalue weighted by molar-refractivity contribution is -0.143. The van der Waals surface area contributed by atoms with Crippen LogP contribution in [0.3, 0.4) is 0 Å². The van der Waals surface area contributed by atoms with Gasteiger partial charge in [-0.3, -0.25) is 4.79 Å². The summed E-state index contributed by atoms with van der Waals surface area (Å²) in [6, 6.07) is 19.2. The van der Waals surface area contributed by atoms with Gasteiger partial charge in [-0.05, 0) is 79.2 Å². The standard InChI is InChI=1S/C25H22O6S/c1-2-29-23(28)13-14-30-19-8-10-20(11-9-19)31-24-21-12-7-18(27)15-22(21)32-25(24)16-3-5-17(26)6-4-16/h3-12,15,26-27H,2,13-14H2,1H3. The summed E-state index contributed by atoms with van der Waals surface area (Å²) in [5, 5.41) is 20.4. The van der Waals surface area contributed by atoms with Crippen molar-refractivity contribution in [1.82, 2.24) is 0 Å². The molecular formula is C25H22O6S. The molecule has 3 aromatic carbocycles. The zero-order valence-electron chi connectivity index (χ0n) is 17.4. The third-order valence-electron chi connectivity index (χ3n) is 4.68. The van der Waals surface area contributed by atoms with E-state index in [9.17, 15) is 15.0 Å². The average Bonchev–Trinajstić information content (AvgIpc) is 3.13. The van der Waals surface area contributed by atoms with Crippen LogP contribution in [0, 0.1) is 0 Å². The van der Waals surface area contributed by atoms with Gasteiger partial charge < -0.3 is 24.4 Å². The molecule has 0 atom stereocenters. The van der Waals surface area contributed by atoms with Crippen molar-refractivity contribution in [3.05, 3.63) is 66.7 Å². The lowest BCUT2D eigenvalue weighted by Crippen LogP contribution is -2.09. The molecule has 0 aliphatic heterocycles. The minimum Gasteiger partial charge on any atom is -0.508 e. The van der Waals surface area contributed by atoms with Crippen molar-refractivity contribution in [2.75, 3.05) is 13.2 Å². The smallest absolute Gasteiger partial charge is 0.309 e. The second kappa shape index (κ2) is 9.62. The Balaban J connectivity index is 1.56. The van der Waals surface area contributed by atoms with Crippen LogP contribution in [0.4, 0.5) is 0 Å². The summed E-state index contributed by atoms with van der Waals surface area (Å²) in [5.74, 6) is 2.01. The van der Waals surface area contributed by atoms with Gasteiger partial charge in [0, 0.05) is 10.1 Å². The highest BCUT2D eigenvalue weighted by Crippen LogP contribution is 2.47. The summed E-state index contributed by atoms with van der Waals surface area (Å²) in [7, 11) is 0. The van der Waals surface area contributed by atoms with Gasteiger partial charge in [-0.15, -0.1) is 11.3 Å². The number of thiophene rings is 1. The number of fused-ring (bicyclic) bond motifs is 1. The minimum absolute atomic E-state index is 0.187. The molecule has 0 aliphatic carbocycles. The molecule has 32 heavy (non-hydrogen) atoms. The molecule has 0 spiro atoms. The number of carbonyl (C=O) groups excluding carboxylic acids is 1. The SMILES string of the molecule is CCOC(=O)CCOc1ccc(Oc2c(-c3ccc(O)cc3)sc3cc(O)ccc23)cc1. The first-order chi connectivity index (χ1) is 15.5. The number of phenolic OH excluding ortho intramolecular Hbond substituents is 2. The first-order valence-electron chi connectivity index (χ1n) is 10.1. The van der Waals surface area contributed by atoms with Crippen molar-refractivity contribution in [1.29, 1.82) is 0 Å². The van der Waals surface area contributed by atoms with Gasteiger partial charge in [0.15, 0.2) is 5.75 Å². The molecule has 2 N–H and O–H groups in total. The third kappa shape index (κ3) is 4.95. The Morgan fingerprint density at radius 3 is 2.31 bits per heavy atom. The van der Waals surface area contributed by atoms with E-state index in [2.05, 4.69) is 0 Å². The molecule has 1 aromatic heterocycles. The van der Waals surface area contributed by atoms with Gasteiger partial charge in [-0.1, -0.05) is 0 Å². The molecular weight excluding hydrogens is 428 g/mol. The van der Waals surface area contributed by atoms with E-state index >= 15 is 0 Å². The fraction of sp³-hybridized carbons (Fsp3) is 0.160. The molecule has 0 saturated heterocycles. The summed E-state index contributed by atoms with van der Waals surface area (Å²) >= 11 is 1.50. The summed E-state index contributed by atoms with van der Waals surface area (Å²) < 4.78 is 17.6. The first-order valence-corrected chi connectivity index (χ1v) is 11.0. The van der Waals surface area contributed by atoms with Gasteiger partial charge in [-0.2, -0.15) is 0 Å². The van der Waals surface area contributed by atoms with Gasteiger partial charge in [0.2, 0.25) is 0 Å². The molecule has 0 bridgehead atoms. The second-order valence-corrected chi connectivity index (χ2v) is 8.02. The minimum atomic E-state index is -0.287. The van der Waals surface area contributed by atoms with Crippen molar-refractivity contribution in [3.63, 3.8) is 0 Å². The lowest BCUT2D eigenvalue weighted by atomic mass is 10.1. The quantitative estimate of drug-likeness (QED) is 0.315. The predicted molar refractivity (Wildman–Crippen MR) is 124 cm³/mol. The number of rotatable bonds is 8. The first kappa shape index (κ1) is 21.5. The normalized spacial score (nSPS) is 10.8. The van der Waals surface area contributed by atoms with E-state index in [-0.39, 0.29) is 30.5 Å². The molecule has 1 heterocycles. The van der Waals surface area contributed by atoms with E-state index in [1.54, 1.807) is 55.5 Å². The highest BCUT2D eigenvalue weighted by atomic mass is 32.1. The van der Waals surface area contributed by atoms with Crippen LogP contribution in [0.1, 0.15) is 13.3 Å². The fourth-order valence-electron chi connectivity index (χ4n) is 3.17. The number of ether oxygens (including phenoxy) is 3. The van der Waals surface area contributed by atoms with E-state index in [1.165, 1.54) is 11.3 Å². The van der Waals surface area contributed by atoms with Crippen LogP contribution in [0.25, 0.3) is 20.5 Å². The molecule has 0 unspecified atom stereocenters. The van der Waals surface area contributed by atoms with Gasteiger partial charge in [0.25, 0.3) is 0 Å². The molecule has 164 valence electrons. The topological polar surface area (TPSA) is 85.2 Å². The Morgan fingerprint density at radius 2 is 1.59 bits per heavy atom. The molecule has 6 nitrogen and oxygen atoms in total. The van der Waals surface area contributed by atoms with Crippen LogP contribution in [-0.4, -0.2) is 29.4 Å². The maximum atomic E-state index is 11.4. The Kier molecular flexibility index (Phi) is 6.47. The van der Waals surface area contributed by atoms with Crippen LogP contribution in [-0.2, 0) is 9.53 Å². The molecule has 0 radical (unpaired) electrons. The zero-order valence-corrected chi connectivity index (χ0v) is 18.2. The van der Waals surface area contributed by atoms with Crippen LogP contribution in [0.15, 0.2) is 66.7 Å². The van der Waals surface area contributed by atoms with Gasteiger partial charge in [0.05, 0.1) is 24.5 Å². The molecule has 0 saturated carbocycles. The Morgan fingerprint density at radius 1 is 0.906 bits per heavy atom. The largest absolute Gasteiger partial charge is 0.508 e. The van der Waals surface area contributed by atoms with E-state index in [1.807, 2.05) is 18.2 Å². The van der Waals surface area contributed by atoms with Crippen molar-refractivity contribution in [2.24, 2.45) is 0 Å². The number of phenols is 2. The number of carbonyl (C=O) groups is 1. The Hall–Kier alpha value is -3.71. The molecule has 0 aliphatic rings. The van der Waals surface area contributed by atoms with Crippen LogP contribution >= 0.6 is 11.3 Å². The molecule has 4 rings (SSSR count). The molecule has 0 fully saturated rings. The number of benzene rings is 3. The predicted octanol–water partition coefficient (Wildman–Crippen LogP) is 6.10. The number of esters is 1. The molecule has 4 aromatic rings. The summed E-state index contributed by atoms with van der Waals surface area (Å²) in [6.45, 7) is 2.36. The van der Waals surface area contributed by atoms with Gasteiger partial charge in [0.1, 0.15) is 23.0 Å². The van der Waals surface area contributed by atoms with Gasteiger partial charge >= 0.3 is 5.97 Å². The number of aromatic hydroxyl groups is 2. The van der Waals surface area contributed by atoms with Crippen molar-refractivity contribution in [2.45, 2.75) is 13.3 Å². The van der Waals surface area contributed by atoms with Crippen LogP contribution < -0.4 is 9.47 Å². The fourth-order valence-corrected chi connectivity index (χ4v) is 4.34. The highest BCUT2D eigenvalue weighted by molar-refractivity contribution is 7.22. The number of hydrogen-bond acceptors (Lipinski definition) is 7. The number of hydrogen-bond donors (Lipinski definition) is 2. The summed E-state index contributed by atoms with van der Waals surface area (Å²) in [4.78, 5) is 12.3. The van der Waals surface area contributed by atoms with Crippen molar-refractivity contribution in [3.8, 4) is 39.2 Å². The summed E-state index contributed by atoms with van der Waals surface area (Å²) in [5.41, 5.74) is 0.900. The Bertz CT molecular complexity index is 1210.